The molecule has 0 spiro atoms. The van der Waals surface area contributed by atoms with Gasteiger partial charge in [-0.05, 0) is 69.2 Å². The molecule has 32 heavy (non-hydrogen) atoms. The quantitative estimate of drug-likeness (QED) is 0.683. The maximum atomic E-state index is 13.1. The largest absolute Gasteiger partial charge is 0.493 e. The number of amides is 1. The number of pyridine rings is 1. The van der Waals surface area contributed by atoms with Crippen molar-refractivity contribution in [3.63, 3.8) is 0 Å². The van der Waals surface area contributed by atoms with E-state index in [-0.39, 0.29) is 17.8 Å². The summed E-state index contributed by atoms with van der Waals surface area (Å²) in [5.41, 5.74) is 3.15. The summed E-state index contributed by atoms with van der Waals surface area (Å²) in [6.45, 7) is 3.83. The summed E-state index contributed by atoms with van der Waals surface area (Å²) in [5, 5.41) is 24.0. The molecule has 1 fully saturated rings. The Morgan fingerprint density at radius 1 is 1.22 bits per heavy atom. The number of aromatic hydroxyl groups is 1. The van der Waals surface area contributed by atoms with Crippen molar-refractivity contribution in [3.8, 4) is 28.9 Å². The van der Waals surface area contributed by atoms with Crippen LogP contribution >= 0.6 is 0 Å². The molecule has 2 aromatic heterocycles. The summed E-state index contributed by atoms with van der Waals surface area (Å²) in [7, 11) is 3.96. The fourth-order valence-electron chi connectivity index (χ4n) is 4.06. The Hall–Kier alpha value is -3.70. The van der Waals surface area contributed by atoms with Gasteiger partial charge in [0, 0.05) is 19.3 Å². The number of nitrogens with zero attached hydrogens (tertiary/aromatic N) is 6. The second-order valence-electron chi connectivity index (χ2n) is 8.29. The number of hydrogen-bond donors (Lipinski definition) is 1. The Kier molecular flexibility index (Phi) is 5.93. The van der Waals surface area contributed by atoms with Gasteiger partial charge in [0.05, 0.1) is 29.0 Å². The van der Waals surface area contributed by atoms with Crippen molar-refractivity contribution in [1.29, 1.82) is 5.26 Å². The zero-order valence-electron chi connectivity index (χ0n) is 18.5. The van der Waals surface area contributed by atoms with E-state index in [4.69, 9.17) is 5.26 Å². The predicted molar refractivity (Wildman–Crippen MR) is 121 cm³/mol. The minimum Gasteiger partial charge on any atom is -0.493 e. The number of nitriles is 1. The van der Waals surface area contributed by atoms with E-state index in [1.807, 2.05) is 18.9 Å². The molecule has 1 aliphatic heterocycles. The van der Waals surface area contributed by atoms with Crippen LogP contribution in [0.3, 0.4) is 0 Å². The molecule has 1 aromatic carbocycles. The zero-order valence-corrected chi connectivity index (χ0v) is 18.5. The Bertz CT molecular complexity index is 1170. The first-order chi connectivity index (χ1) is 15.4. The first kappa shape index (κ1) is 21.5. The summed E-state index contributed by atoms with van der Waals surface area (Å²) >= 11 is 0. The lowest BCUT2D eigenvalue weighted by molar-refractivity contribution is 0.0658. The SMILES string of the molecule is Cc1cc(-n2ncc(-c3ccc(C#N)cc3)c2O)ncc1C(=O)N(C)C1CCN(C)CC1. The first-order valence-corrected chi connectivity index (χ1v) is 10.6. The van der Waals surface area contributed by atoms with Crippen LogP contribution in [0.4, 0.5) is 0 Å². The summed E-state index contributed by atoms with van der Waals surface area (Å²) in [6, 6.07) is 11.0. The molecule has 0 unspecified atom stereocenters. The van der Waals surface area contributed by atoms with E-state index in [1.54, 1.807) is 42.7 Å². The van der Waals surface area contributed by atoms with E-state index >= 15 is 0 Å². The topological polar surface area (TPSA) is 98.3 Å². The van der Waals surface area contributed by atoms with Crippen LogP contribution in [-0.2, 0) is 0 Å². The van der Waals surface area contributed by atoms with Crippen molar-refractivity contribution in [2.45, 2.75) is 25.8 Å². The van der Waals surface area contributed by atoms with E-state index in [2.05, 4.69) is 28.1 Å². The molecule has 1 aliphatic rings. The number of likely N-dealkylation sites (tertiary alicyclic amines) is 1. The van der Waals surface area contributed by atoms with Crippen molar-refractivity contribution in [2.24, 2.45) is 0 Å². The van der Waals surface area contributed by atoms with Gasteiger partial charge in [-0.15, -0.1) is 0 Å². The number of rotatable bonds is 4. The zero-order chi connectivity index (χ0) is 22.8. The van der Waals surface area contributed by atoms with E-state index < -0.39 is 0 Å². The van der Waals surface area contributed by atoms with E-state index in [1.165, 1.54) is 4.68 Å². The number of aryl methyl sites for hydroxylation is 1. The average Bonchev–Trinajstić information content (AvgIpc) is 3.20. The van der Waals surface area contributed by atoms with Crippen LogP contribution in [0.2, 0.25) is 0 Å². The Morgan fingerprint density at radius 3 is 2.53 bits per heavy atom. The minimum absolute atomic E-state index is 0.0425. The van der Waals surface area contributed by atoms with E-state index in [9.17, 15) is 9.90 Å². The fraction of sp³-hybridized carbons (Fsp3) is 0.333. The number of hydrogen-bond acceptors (Lipinski definition) is 6. The van der Waals surface area contributed by atoms with Crippen LogP contribution in [0.25, 0.3) is 16.9 Å². The molecule has 4 rings (SSSR count). The second kappa shape index (κ2) is 8.81. The molecule has 3 aromatic rings. The molecular formula is C24H26N6O2. The van der Waals surface area contributed by atoms with Crippen LogP contribution in [0.1, 0.15) is 34.3 Å². The molecule has 1 amide bonds. The van der Waals surface area contributed by atoms with Gasteiger partial charge in [-0.3, -0.25) is 4.79 Å². The molecular weight excluding hydrogens is 404 g/mol. The van der Waals surface area contributed by atoms with E-state index in [0.717, 1.165) is 37.1 Å². The van der Waals surface area contributed by atoms with Crippen molar-refractivity contribution in [1.82, 2.24) is 24.6 Å². The maximum absolute atomic E-state index is 13.1. The lowest BCUT2D eigenvalue weighted by Gasteiger charge is -2.35. The van der Waals surface area contributed by atoms with Gasteiger partial charge in [-0.1, -0.05) is 12.1 Å². The van der Waals surface area contributed by atoms with Gasteiger partial charge in [-0.2, -0.15) is 15.0 Å². The van der Waals surface area contributed by atoms with Gasteiger partial charge in [0.1, 0.15) is 0 Å². The smallest absolute Gasteiger partial charge is 0.255 e. The second-order valence-corrected chi connectivity index (χ2v) is 8.29. The maximum Gasteiger partial charge on any atom is 0.255 e. The molecule has 0 radical (unpaired) electrons. The summed E-state index contributed by atoms with van der Waals surface area (Å²) < 4.78 is 1.34. The molecule has 8 heteroatoms. The standard InChI is InChI=1S/C24H26N6O2/c1-16-12-22(26-14-20(16)23(31)29(3)19-8-10-28(2)11-9-19)30-24(32)21(15-27-30)18-6-4-17(13-25)5-7-18/h4-7,12,14-15,19,32H,8-11H2,1-3H3. The van der Waals surface area contributed by atoms with Gasteiger partial charge in [0.25, 0.3) is 5.91 Å². The third-order valence-corrected chi connectivity index (χ3v) is 6.17. The van der Waals surface area contributed by atoms with Crippen molar-refractivity contribution >= 4 is 5.91 Å². The lowest BCUT2D eigenvalue weighted by Crippen LogP contribution is -2.44. The first-order valence-electron chi connectivity index (χ1n) is 10.6. The van der Waals surface area contributed by atoms with Crippen LogP contribution in [-0.4, -0.2) is 68.8 Å². The minimum atomic E-state index is -0.0517. The van der Waals surface area contributed by atoms with Crippen LogP contribution in [0, 0.1) is 18.3 Å². The number of piperidine rings is 1. The lowest BCUT2D eigenvalue weighted by atomic mass is 10.0. The van der Waals surface area contributed by atoms with Gasteiger partial charge in [-0.25, -0.2) is 4.98 Å². The molecule has 1 N–H and O–H groups in total. The summed E-state index contributed by atoms with van der Waals surface area (Å²) in [5.74, 6) is 0.335. The van der Waals surface area contributed by atoms with Crippen LogP contribution < -0.4 is 0 Å². The normalized spacial score (nSPS) is 14.8. The van der Waals surface area contributed by atoms with Crippen molar-refractivity contribution in [3.05, 3.63) is 59.4 Å². The third-order valence-electron chi connectivity index (χ3n) is 6.17. The van der Waals surface area contributed by atoms with Crippen molar-refractivity contribution < 1.29 is 9.90 Å². The Balaban J connectivity index is 1.56. The Labute approximate surface area is 187 Å². The van der Waals surface area contributed by atoms with Gasteiger partial charge in [0.15, 0.2) is 5.82 Å². The number of benzene rings is 1. The molecule has 1 saturated heterocycles. The fourth-order valence-corrected chi connectivity index (χ4v) is 4.06. The van der Waals surface area contributed by atoms with Gasteiger partial charge in [0.2, 0.25) is 5.88 Å². The molecule has 0 aliphatic carbocycles. The van der Waals surface area contributed by atoms with E-state index in [0.29, 0.717) is 22.5 Å². The summed E-state index contributed by atoms with van der Waals surface area (Å²) in [4.78, 5) is 21.6. The highest BCUT2D eigenvalue weighted by molar-refractivity contribution is 5.95. The van der Waals surface area contributed by atoms with Crippen molar-refractivity contribution in [2.75, 3.05) is 27.2 Å². The molecule has 8 nitrogen and oxygen atoms in total. The third kappa shape index (κ3) is 4.07. The van der Waals surface area contributed by atoms with Crippen LogP contribution in [0.15, 0.2) is 42.7 Å². The van der Waals surface area contributed by atoms with Crippen LogP contribution in [0.5, 0.6) is 5.88 Å². The highest BCUT2D eigenvalue weighted by Crippen LogP contribution is 2.31. The predicted octanol–water partition coefficient (Wildman–Crippen LogP) is 2.99. The molecule has 0 bridgehead atoms. The average molecular weight is 431 g/mol. The van der Waals surface area contributed by atoms with Gasteiger partial charge < -0.3 is 14.9 Å². The molecule has 0 atom stereocenters. The number of aromatic nitrogens is 3. The number of carbonyl (C=O) groups excluding carboxylic acids is 1. The molecule has 3 heterocycles. The number of carbonyl (C=O) groups is 1. The molecule has 164 valence electrons. The highest BCUT2D eigenvalue weighted by atomic mass is 16.3. The Morgan fingerprint density at radius 2 is 1.91 bits per heavy atom. The summed E-state index contributed by atoms with van der Waals surface area (Å²) in [6.07, 6.45) is 5.03. The molecule has 0 saturated carbocycles. The monoisotopic (exact) mass is 430 g/mol. The van der Waals surface area contributed by atoms with Gasteiger partial charge >= 0.3 is 0 Å². The highest BCUT2D eigenvalue weighted by Gasteiger charge is 2.26.